The molecular formula is C10H17N3OS. The van der Waals surface area contributed by atoms with Crippen molar-refractivity contribution in [3.8, 4) is 0 Å². The summed E-state index contributed by atoms with van der Waals surface area (Å²) >= 11 is 1.39. The zero-order valence-corrected chi connectivity index (χ0v) is 10.4. The number of thiazole rings is 1. The highest BCUT2D eigenvalue weighted by atomic mass is 32.1. The van der Waals surface area contributed by atoms with E-state index in [-0.39, 0.29) is 5.91 Å². The number of hydrogen-bond donors (Lipinski definition) is 2. The molecule has 1 rings (SSSR count). The highest BCUT2D eigenvalue weighted by Gasteiger charge is 2.14. The van der Waals surface area contributed by atoms with Crippen LogP contribution in [0.4, 0.5) is 5.13 Å². The van der Waals surface area contributed by atoms with Crippen LogP contribution in [0.15, 0.2) is 0 Å². The molecule has 0 atom stereocenters. The third-order valence-electron chi connectivity index (χ3n) is 1.89. The Kier molecular flexibility index (Phi) is 4.08. The fourth-order valence-electron chi connectivity index (χ4n) is 1.09. The molecule has 1 heterocycles. The highest BCUT2D eigenvalue weighted by molar-refractivity contribution is 7.17. The van der Waals surface area contributed by atoms with Crippen LogP contribution in [0.25, 0.3) is 0 Å². The second-order valence-corrected chi connectivity index (χ2v) is 4.79. The van der Waals surface area contributed by atoms with Crippen molar-refractivity contribution in [1.82, 2.24) is 10.3 Å². The standard InChI is InChI=1S/C10H17N3OS/c1-6(2)5-12-9(14)8-7(3)13-10(11-4)15-8/h6H,5H2,1-4H3,(H,11,13)(H,12,14). The fraction of sp³-hybridized carbons (Fsp3) is 0.600. The summed E-state index contributed by atoms with van der Waals surface area (Å²) in [6.45, 7) is 6.68. The molecule has 5 heteroatoms. The van der Waals surface area contributed by atoms with Gasteiger partial charge >= 0.3 is 0 Å². The van der Waals surface area contributed by atoms with Gasteiger partial charge < -0.3 is 10.6 Å². The number of rotatable bonds is 4. The minimum Gasteiger partial charge on any atom is -0.365 e. The van der Waals surface area contributed by atoms with Gasteiger partial charge in [-0.15, -0.1) is 0 Å². The summed E-state index contributed by atoms with van der Waals surface area (Å²) in [7, 11) is 1.80. The van der Waals surface area contributed by atoms with Gasteiger partial charge in [0.05, 0.1) is 5.69 Å². The quantitative estimate of drug-likeness (QED) is 0.825. The normalized spacial score (nSPS) is 10.5. The Bertz CT molecular complexity index is 346. The Morgan fingerprint density at radius 3 is 2.67 bits per heavy atom. The summed E-state index contributed by atoms with van der Waals surface area (Å²) < 4.78 is 0. The zero-order chi connectivity index (χ0) is 11.4. The Balaban J connectivity index is 2.68. The zero-order valence-electron chi connectivity index (χ0n) is 9.55. The molecule has 4 nitrogen and oxygen atoms in total. The van der Waals surface area contributed by atoms with Crippen molar-refractivity contribution in [2.24, 2.45) is 5.92 Å². The van der Waals surface area contributed by atoms with E-state index in [1.54, 1.807) is 7.05 Å². The Labute approximate surface area is 94.1 Å². The van der Waals surface area contributed by atoms with Gasteiger partial charge in [-0.25, -0.2) is 4.98 Å². The number of aryl methyl sites for hydroxylation is 1. The van der Waals surface area contributed by atoms with E-state index in [1.807, 2.05) is 6.92 Å². The van der Waals surface area contributed by atoms with Crippen LogP contribution >= 0.6 is 11.3 Å². The molecule has 1 amide bonds. The number of amides is 1. The molecule has 0 aliphatic carbocycles. The maximum atomic E-state index is 11.7. The second-order valence-electron chi connectivity index (χ2n) is 3.79. The Morgan fingerprint density at radius 1 is 1.53 bits per heavy atom. The number of nitrogens with zero attached hydrogens (tertiary/aromatic N) is 1. The molecule has 1 aromatic heterocycles. The first-order chi connectivity index (χ1) is 7.04. The molecule has 0 spiro atoms. The van der Waals surface area contributed by atoms with Gasteiger partial charge in [0.2, 0.25) is 0 Å². The van der Waals surface area contributed by atoms with Gasteiger partial charge in [0.1, 0.15) is 4.88 Å². The lowest BCUT2D eigenvalue weighted by Gasteiger charge is -2.05. The maximum absolute atomic E-state index is 11.7. The number of anilines is 1. The van der Waals surface area contributed by atoms with Crippen molar-refractivity contribution in [1.29, 1.82) is 0 Å². The fourth-order valence-corrected chi connectivity index (χ4v) is 1.93. The molecule has 0 saturated carbocycles. The molecular weight excluding hydrogens is 210 g/mol. The van der Waals surface area contributed by atoms with E-state index < -0.39 is 0 Å². The van der Waals surface area contributed by atoms with Gasteiger partial charge in [-0.3, -0.25) is 4.79 Å². The van der Waals surface area contributed by atoms with E-state index in [0.29, 0.717) is 17.3 Å². The van der Waals surface area contributed by atoms with Gasteiger partial charge in [0.15, 0.2) is 5.13 Å². The minimum absolute atomic E-state index is 0.0276. The van der Waals surface area contributed by atoms with Crippen LogP contribution in [-0.2, 0) is 0 Å². The number of carbonyl (C=O) groups is 1. The summed E-state index contributed by atoms with van der Waals surface area (Å²) in [4.78, 5) is 16.6. The van der Waals surface area contributed by atoms with E-state index >= 15 is 0 Å². The topological polar surface area (TPSA) is 54.0 Å². The van der Waals surface area contributed by atoms with Gasteiger partial charge in [0.25, 0.3) is 5.91 Å². The molecule has 0 saturated heterocycles. The first-order valence-electron chi connectivity index (χ1n) is 4.98. The van der Waals surface area contributed by atoms with Crippen LogP contribution in [0.5, 0.6) is 0 Å². The largest absolute Gasteiger partial charge is 0.365 e. The summed E-state index contributed by atoms with van der Waals surface area (Å²) in [6.07, 6.45) is 0. The van der Waals surface area contributed by atoms with E-state index in [1.165, 1.54) is 11.3 Å². The van der Waals surface area contributed by atoms with E-state index in [9.17, 15) is 4.79 Å². The average molecular weight is 227 g/mol. The molecule has 0 aliphatic rings. The van der Waals surface area contributed by atoms with Crippen molar-refractivity contribution in [3.05, 3.63) is 10.6 Å². The predicted octanol–water partition coefficient (Wildman–Crippen LogP) is 1.88. The summed E-state index contributed by atoms with van der Waals surface area (Å²) in [5, 5.41) is 6.60. The molecule has 84 valence electrons. The molecule has 0 unspecified atom stereocenters. The van der Waals surface area contributed by atoms with Gasteiger partial charge in [-0.2, -0.15) is 0 Å². The molecule has 0 fully saturated rings. The monoisotopic (exact) mass is 227 g/mol. The molecule has 1 aromatic rings. The lowest BCUT2D eigenvalue weighted by molar-refractivity contribution is 0.0952. The van der Waals surface area contributed by atoms with Crippen molar-refractivity contribution < 1.29 is 4.79 Å². The summed E-state index contributed by atoms with van der Waals surface area (Å²) in [5.41, 5.74) is 0.783. The minimum atomic E-state index is -0.0276. The van der Waals surface area contributed by atoms with Crippen molar-refractivity contribution in [3.63, 3.8) is 0 Å². The third-order valence-corrected chi connectivity index (χ3v) is 3.06. The van der Waals surface area contributed by atoms with Crippen LogP contribution in [0, 0.1) is 12.8 Å². The molecule has 0 aromatic carbocycles. The highest BCUT2D eigenvalue weighted by Crippen LogP contribution is 2.21. The van der Waals surface area contributed by atoms with Crippen LogP contribution in [0.2, 0.25) is 0 Å². The van der Waals surface area contributed by atoms with E-state index in [2.05, 4.69) is 29.5 Å². The third kappa shape index (κ3) is 3.20. The molecule has 15 heavy (non-hydrogen) atoms. The summed E-state index contributed by atoms with van der Waals surface area (Å²) in [5.74, 6) is 0.436. The molecule has 0 bridgehead atoms. The number of aromatic nitrogens is 1. The van der Waals surface area contributed by atoms with Gasteiger partial charge in [-0.1, -0.05) is 25.2 Å². The number of hydrogen-bond acceptors (Lipinski definition) is 4. The van der Waals surface area contributed by atoms with E-state index in [0.717, 1.165) is 10.8 Å². The van der Waals surface area contributed by atoms with Crippen molar-refractivity contribution in [2.75, 3.05) is 18.9 Å². The molecule has 2 N–H and O–H groups in total. The lowest BCUT2D eigenvalue weighted by Crippen LogP contribution is -2.27. The first kappa shape index (κ1) is 12.0. The van der Waals surface area contributed by atoms with Gasteiger partial charge in [-0.05, 0) is 12.8 Å². The number of carbonyl (C=O) groups excluding carboxylic acids is 1. The number of nitrogens with one attached hydrogen (secondary N) is 2. The van der Waals surface area contributed by atoms with Crippen LogP contribution in [-0.4, -0.2) is 24.5 Å². The van der Waals surface area contributed by atoms with Crippen molar-refractivity contribution in [2.45, 2.75) is 20.8 Å². The lowest BCUT2D eigenvalue weighted by atomic mass is 10.2. The van der Waals surface area contributed by atoms with Crippen LogP contribution in [0.3, 0.4) is 0 Å². The predicted molar refractivity (Wildman–Crippen MR) is 63.6 cm³/mol. The summed E-state index contributed by atoms with van der Waals surface area (Å²) in [6, 6.07) is 0. The van der Waals surface area contributed by atoms with E-state index in [4.69, 9.17) is 0 Å². The molecule has 0 aliphatic heterocycles. The second kappa shape index (κ2) is 5.11. The Hall–Kier alpha value is -1.10. The maximum Gasteiger partial charge on any atom is 0.263 e. The van der Waals surface area contributed by atoms with Crippen molar-refractivity contribution >= 4 is 22.4 Å². The first-order valence-corrected chi connectivity index (χ1v) is 5.79. The smallest absolute Gasteiger partial charge is 0.263 e. The SMILES string of the molecule is CNc1nc(C)c(C(=O)NCC(C)C)s1. The average Bonchev–Trinajstić information content (AvgIpc) is 2.56. The molecule has 0 radical (unpaired) electrons. The van der Waals surface area contributed by atoms with Crippen LogP contribution < -0.4 is 10.6 Å². The Morgan fingerprint density at radius 2 is 2.20 bits per heavy atom. The van der Waals surface area contributed by atoms with Gasteiger partial charge in [0, 0.05) is 13.6 Å². The van der Waals surface area contributed by atoms with Crippen LogP contribution in [0.1, 0.15) is 29.2 Å².